The summed E-state index contributed by atoms with van der Waals surface area (Å²) in [7, 11) is 0. The molecule has 0 saturated heterocycles. The van der Waals surface area contributed by atoms with E-state index in [9.17, 15) is 9.59 Å². The number of carbonyl (C=O) groups is 2. The van der Waals surface area contributed by atoms with Gasteiger partial charge in [-0.15, -0.1) is 0 Å². The number of aromatic nitrogens is 3. The van der Waals surface area contributed by atoms with Crippen LogP contribution in [-0.4, -0.2) is 26.6 Å². The van der Waals surface area contributed by atoms with Crippen molar-refractivity contribution in [2.24, 2.45) is 0 Å². The number of para-hydroxylation sites is 1. The number of amides is 2. The third-order valence-electron chi connectivity index (χ3n) is 6.03. The van der Waals surface area contributed by atoms with E-state index >= 15 is 0 Å². The summed E-state index contributed by atoms with van der Waals surface area (Å²) in [5.74, 6) is -0.497. The number of rotatable bonds is 6. The van der Waals surface area contributed by atoms with Gasteiger partial charge < -0.3 is 10.6 Å². The van der Waals surface area contributed by atoms with Crippen molar-refractivity contribution in [1.82, 2.24) is 20.1 Å². The second-order valence-corrected chi connectivity index (χ2v) is 8.36. The molecule has 34 heavy (non-hydrogen) atoms. The smallest absolute Gasteiger partial charge is 0.276 e. The molecule has 0 radical (unpaired) electrons. The molecule has 4 aromatic rings. The summed E-state index contributed by atoms with van der Waals surface area (Å²) >= 11 is 0. The Morgan fingerprint density at radius 1 is 0.971 bits per heavy atom. The summed E-state index contributed by atoms with van der Waals surface area (Å²) < 4.78 is 1.91. The first-order valence-electron chi connectivity index (χ1n) is 11.4. The minimum Gasteiger partial charge on any atom is -0.346 e. The van der Waals surface area contributed by atoms with Crippen LogP contribution >= 0.6 is 0 Å². The summed E-state index contributed by atoms with van der Waals surface area (Å²) in [5, 5.41) is 10.5. The predicted octanol–water partition coefficient (Wildman–Crippen LogP) is 4.25. The Bertz CT molecular complexity index is 1360. The number of anilines is 1. The summed E-state index contributed by atoms with van der Waals surface area (Å²) in [6.07, 6.45) is 4.43. The highest BCUT2D eigenvalue weighted by molar-refractivity contribution is 6.05. The Morgan fingerprint density at radius 3 is 2.65 bits per heavy atom. The lowest BCUT2D eigenvalue weighted by atomic mass is 10.1. The van der Waals surface area contributed by atoms with Gasteiger partial charge in [0.1, 0.15) is 0 Å². The van der Waals surface area contributed by atoms with Crippen LogP contribution in [0.25, 0.3) is 5.69 Å². The first-order chi connectivity index (χ1) is 16.6. The van der Waals surface area contributed by atoms with Crippen molar-refractivity contribution in [2.45, 2.75) is 32.7 Å². The predicted molar refractivity (Wildman–Crippen MR) is 130 cm³/mol. The molecule has 2 aromatic heterocycles. The molecule has 7 heteroatoms. The van der Waals surface area contributed by atoms with Gasteiger partial charge in [-0.1, -0.05) is 30.3 Å². The summed E-state index contributed by atoms with van der Waals surface area (Å²) in [5.41, 5.74) is 6.44. The van der Waals surface area contributed by atoms with Crippen molar-refractivity contribution in [1.29, 1.82) is 0 Å². The lowest BCUT2D eigenvalue weighted by Crippen LogP contribution is -2.23. The van der Waals surface area contributed by atoms with Gasteiger partial charge in [0, 0.05) is 28.7 Å². The van der Waals surface area contributed by atoms with Crippen LogP contribution in [0.4, 0.5) is 5.69 Å². The quantitative estimate of drug-likeness (QED) is 0.459. The summed E-state index contributed by atoms with van der Waals surface area (Å²) in [4.78, 5) is 30.0. The van der Waals surface area contributed by atoms with Crippen LogP contribution in [0.2, 0.25) is 0 Å². The van der Waals surface area contributed by atoms with E-state index in [4.69, 9.17) is 5.10 Å². The number of hydrogen-bond donors (Lipinski definition) is 2. The third kappa shape index (κ3) is 4.32. The highest BCUT2D eigenvalue weighted by Crippen LogP contribution is 2.29. The maximum Gasteiger partial charge on any atom is 0.276 e. The Kier molecular flexibility index (Phi) is 5.91. The lowest BCUT2D eigenvalue weighted by Gasteiger charge is -2.09. The highest BCUT2D eigenvalue weighted by Gasteiger charge is 2.27. The van der Waals surface area contributed by atoms with Crippen molar-refractivity contribution in [3.63, 3.8) is 0 Å². The van der Waals surface area contributed by atoms with E-state index in [2.05, 4.69) is 15.6 Å². The zero-order valence-electron chi connectivity index (χ0n) is 18.9. The fourth-order valence-electron chi connectivity index (χ4n) is 4.32. The molecule has 0 saturated carbocycles. The van der Waals surface area contributed by atoms with Gasteiger partial charge in [0.25, 0.3) is 11.8 Å². The Labute approximate surface area is 197 Å². The first kappa shape index (κ1) is 21.6. The summed E-state index contributed by atoms with van der Waals surface area (Å²) in [6.45, 7) is 2.38. The van der Waals surface area contributed by atoms with Gasteiger partial charge in [-0.05, 0) is 68.1 Å². The molecule has 0 bridgehead atoms. The molecule has 1 aliphatic carbocycles. The van der Waals surface area contributed by atoms with Gasteiger partial charge in [0.2, 0.25) is 0 Å². The minimum atomic E-state index is -0.267. The van der Waals surface area contributed by atoms with Crippen LogP contribution in [0.15, 0.2) is 72.9 Å². The van der Waals surface area contributed by atoms with E-state index in [0.29, 0.717) is 23.5 Å². The van der Waals surface area contributed by atoms with Crippen LogP contribution in [0.1, 0.15) is 49.8 Å². The van der Waals surface area contributed by atoms with E-state index in [1.807, 2.05) is 54.1 Å². The number of hydrogen-bond acceptors (Lipinski definition) is 4. The zero-order valence-corrected chi connectivity index (χ0v) is 18.9. The zero-order chi connectivity index (χ0) is 23.5. The standard InChI is InChI=1S/C27H25N5O2/c1-18-8-2-3-13-23(18)32-24-14-7-12-22(24)25(31-32)27(34)30-20-11-6-9-19(16-20)26(33)29-17-21-10-4-5-15-28-21/h2-6,8-11,13,15-16H,7,12,14,17H2,1H3,(H,29,33)(H,30,34). The number of nitrogens with one attached hydrogen (secondary N) is 2. The Balaban J connectivity index is 1.34. The van der Waals surface area contributed by atoms with Gasteiger partial charge in [-0.3, -0.25) is 14.6 Å². The fourth-order valence-corrected chi connectivity index (χ4v) is 4.32. The number of carbonyl (C=O) groups excluding carboxylic acids is 2. The monoisotopic (exact) mass is 451 g/mol. The molecule has 0 spiro atoms. The molecule has 7 nitrogen and oxygen atoms in total. The molecular formula is C27H25N5O2. The first-order valence-corrected chi connectivity index (χ1v) is 11.4. The molecule has 0 unspecified atom stereocenters. The molecule has 2 amide bonds. The molecule has 170 valence electrons. The van der Waals surface area contributed by atoms with E-state index in [0.717, 1.165) is 47.5 Å². The van der Waals surface area contributed by atoms with Crippen molar-refractivity contribution in [3.05, 3.63) is 107 Å². The number of fused-ring (bicyclic) bond motifs is 1. The molecule has 5 rings (SSSR count). The summed E-state index contributed by atoms with van der Waals surface area (Å²) in [6, 6.07) is 20.5. The van der Waals surface area contributed by atoms with Crippen molar-refractivity contribution >= 4 is 17.5 Å². The van der Waals surface area contributed by atoms with Crippen LogP contribution in [0.5, 0.6) is 0 Å². The number of aryl methyl sites for hydroxylation is 1. The largest absolute Gasteiger partial charge is 0.346 e. The SMILES string of the molecule is Cc1ccccc1-n1nc(C(=O)Nc2cccc(C(=O)NCc3ccccn3)c2)c2c1CCC2. The van der Waals surface area contributed by atoms with Crippen LogP contribution in [0.3, 0.4) is 0 Å². The van der Waals surface area contributed by atoms with Crippen molar-refractivity contribution in [2.75, 3.05) is 5.32 Å². The number of benzene rings is 2. The minimum absolute atomic E-state index is 0.230. The molecule has 0 fully saturated rings. The number of pyridine rings is 1. The molecule has 2 heterocycles. The maximum atomic E-state index is 13.2. The molecule has 0 atom stereocenters. The second-order valence-electron chi connectivity index (χ2n) is 8.36. The van der Waals surface area contributed by atoms with E-state index in [-0.39, 0.29) is 11.8 Å². The van der Waals surface area contributed by atoms with Gasteiger partial charge in [0.05, 0.1) is 17.9 Å². The molecule has 1 aliphatic rings. The molecule has 0 aliphatic heterocycles. The van der Waals surface area contributed by atoms with Gasteiger partial charge >= 0.3 is 0 Å². The van der Waals surface area contributed by atoms with Crippen molar-refractivity contribution < 1.29 is 9.59 Å². The van der Waals surface area contributed by atoms with Crippen LogP contribution in [0, 0.1) is 6.92 Å². The fraction of sp³-hybridized carbons (Fsp3) is 0.185. The second kappa shape index (κ2) is 9.31. The Hall–Kier alpha value is -4.26. The lowest BCUT2D eigenvalue weighted by molar-refractivity contribution is 0.0949. The average molecular weight is 452 g/mol. The van der Waals surface area contributed by atoms with Crippen molar-refractivity contribution in [3.8, 4) is 5.69 Å². The highest BCUT2D eigenvalue weighted by atomic mass is 16.2. The molecule has 2 N–H and O–H groups in total. The average Bonchev–Trinajstić information content (AvgIpc) is 3.47. The van der Waals surface area contributed by atoms with Crippen LogP contribution < -0.4 is 10.6 Å². The van der Waals surface area contributed by atoms with Gasteiger partial charge in [0.15, 0.2) is 5.69 Å². The normalized spacial score (nSPS) is 12.3. The van der Waals surface area contributed by atoms with Gasteiger partial charge in [-0.2, -0.15) is 5.10 Å². The third-order valence-corrected chi connectivity index (χ3v) is 6.03. The van der Waals surface area contributed by atoms with E-state index in [1.54, 1.807) is 30.5 Å². The molecule has 2 aromatic carbocycles. The van der Waals surface area contributed by atoms with E-state index in [1.165, 1.54) is 0 Å². The molecular weight excluding hydrogens is 426 g/mol. The Morgan fingerprint density at radius 2 is 1.82 bits per heavy atom. The van der Waals surface area contributed by atoms with Crippen LogP contribution in [-0.2, 0) is 19.4 Å². The van der Waals surface area contributed by atoms with Gasteiger partial charge in [-0.25, -0.2) is 4.68 Å². The maximum absolute atomic E-state index is 13.2. The topological polar surface area (TPSA) is 88.9 Å². The number of nitrogens with zero attached hydrogens (tertiary/aromatic N) is 3. The van der Waals surface area contributed by atoms with E-state index < -0.39 is 0 Å².